The highest BCUT2D eigenvalue weighted by molar-refractivity contribution is 7.89. The van der Waals surface area contributed by atoms with Crippen LogP contribution in [0.15, 0.2) is 132 Å². The topological polar surface area (TPSA) is 373 Å². The molecule has 390 valence electrons. The van der Waals surface area contributed by atoms with Crippen LogP contribution in [0.25, 0.3) is 0 Å². The highest BCUT2D eigenvalue weighted by Crippen LogP contribution is 2.35. The summed E-state index contributed by atoms with van der Waals surface area (Å²) in [6, 6.07) is 32.7. The number of carboxylic acids is 3. The second kappa shape index (κ2) is 30.9. The Hall–Kier alpha value is -8.53. The molecular weight excluding hydrogens is 988 g/mol. The Morgan fingerprint density at radius 3 is 1.56 bits per heavy atom. The number of aromatic carboxylic acids is 3. The molecule has 0 unspecified atom stereocenters. The average Bonchev–Trinajstić information content (AvgIpc) is 3.34. The van der Waals surface area contributed by atoms with Gasteiger partial charge in [0.2, 0.25) is 10.0 Å². The molecule has 73 heavy (non-hydrogen) atoms. The second-order valence-corrected chi connectivity index (χ2v) is 16.8. The number of carbonyl (C=O) groups excluding carboxylic acids is 2. The van der Waals surface area contributed by atoms with E-state index in [-0.39, 0.29) is 50.8 Å². The van der Waals surface area contributed by atoms with Crippen molar-refractivity contribution < 1.29 is 66.7 Å². The molecule has 6 aromatic carbocycles. The van der Waals surface area contributed by atoms with Crippen molar-refractivity contribution in [1.82, 2.24) is 0 Å². The lowest BCUT2D eigenvalue weighted by atomic mass is 10.2. The molecule has 22 heteroatoms. The van der Waals surface area contributed by atoms with E-state index in [1.54, 1.807) is 110 Å². The first-order valence-electron chi connectivity index (χ1n) is 22.0. The highest BCUT2D eigenvalue weighted by Gasteiger charge is 2.22. The number of esters is 2. The van der Waals surface area contributed by atoms with Gasteiger partial charge < -0.3 is 62.9 Å². The first-order chi connectivity index (χ1) is 34.5. The third-order valence-electron chi connectivity index (χ3n) is 9.17. The minimum Gasteiger partial charge on any atom is -0.493 e. The van der Waals surface area contributed by atoms with E-state index in [0.717, 1.165) is 37.8 Å². The predicted molar refractivity (Wildman–Crippen MR) is 280 cm³/mol. The van der Waals surface area contributed by atoms with E-state index in [9.17, 15) is 32.4 Å². The standard InChI is InChI=1S/C13H12N2O5S.C11H15NO3.C11H15NO2.C9H11NO2.C7H6ClNO2/c14-10-6-8(13(16)17)7-11(21(15,18)19)12(10)20-9-4-2-1-3-5-9;1-2-3-6-15-10-7-8(12)4-5-9(10)11(13)14;1-2-3-8-14-11(13)9-4-6-10(12)7-5-9;1-2-12-9(11)7-3-5-8(10)6-4-7;8-5-3-1-2-4(6(5)9)7(10)11/h1-7H,14H2,(H,16,17)(H2,15,18,19);4-5,7H,2-3,6,12H2,1H3,(H,13,14);4-7H,2-3,8,12H2,1H3;3-6H,2,10H2,1H3;1-3H,9H2,(H,10,11). The van der Waals surface area contributed by atoms with E-state index in [0.29, 0.717) is 59.5 Å². The fraction of sp³-hybridized carbons (Fsp3) is 0.196. The number of nitrogen functional groups attached to an aromatic ring is 5. The van der Waals surface area contributed by atoms with E-state index >= 15 is 0 Å². The van der Waals surface area contributed by atoms with Gasteiger partial charge >= 0.3 is 29.8 Å². The SMILES string of the molecule is CCCCOC(=O)c1ccc(N)cc1.CCCCOc1cc(N)ccc1C(=O)O.CCOC(=O)c1ccc(N)cc1.Nc1c(Cl)cccc1C(=O)O.Nc1cc(C(=O)O)cc(S(N)(=O)=O)c1Oc1ccccc1. The van der Waals surface area contributed by atoms with E-state index < -0.39 is 32.8 Å². The largest absolute Gasteiger partial charge is 0.493 e. The average molecular weight is 1050 g/mol. The maximum Gasteiger partial charge on any atom is 0.339 e. The number of sulfonamides is 1. The maximum absolute atomic E-state index is 11.6. The third kappa shape index (κ3) is 21.6. The molecule has 0 radical (unpaired) electrons. The van der Waals surface area contributed by atoms with E-state index in [2.05, 4.69) is 6.92 Å². The lowest BCUT2D eigenvalue weighted by Crippen LogP contribution is -2.15. The van der Waals surface area contributed by atoms with Crippen LogP contribution in [0.2, 0.25) is 5.02 Å². The maximum atomic E-state index is 11.6. The van der Waals surface area contributed by atoms with Crippen LogP contribution in [0, 0.1) is 0 Å². The van der Waals surface area contributed by atoms with Crippen LogP contribution >= 0.6 is 11.6 Å². The first-order valence-corrected chi connectivity index (χ1v) is 24.0. The predicted octanol–water partition coefficient (Wildman–Crippen LogP) is 8.84. The fourth-order valence-corrected chi connectivity index (χ4v) is 6.29. The van der Waals surface area contributed by atoms with Crippen molar-refractivity contribution in [2.45, 2.75) is 51.3 Å². The van der Waals surface area contributed by atoms with Crippen LogP contribution in [0.4, 0.5) is 28.4 Å². The summed E-state index contributed by atoms with van der Waals surface area (Å²) in [7, 11) is -4.20. The van der Waals surface area contributed by atoms with Crippen molar-refractivity contribution in [3.8, 4) is 17.2 Å². The molecule has 0 aliphatic rings. The van der Waals surface area contributed by atoms with Crippen molar-refractivity contribution in [3.63, 3.8) is 0 Å². The molecule has 0 aliphatic carbocycles. The Kier molecular flexibility index (Phi) is 25.7. The Morgan fingerprint density at radius 2 is 1.08 bits per heavy atom. The summed E-state index contributed by atoms with van der Waals surface area (Å²) in [5.41, 5.74) is 30.3. The van der Waals surface area contributed by atoms with Gasteiger partial charge in [-0.3, -0.25) is 0 Å². The zero-order valence-corrected chi connectivity index (χ0v) is 41.7. The van der Waals surface area contributed by atoms with Crippen molar-refractivity contribution in [2.24, 2.45) is 5.14 Å². The summed E-state index contributed by atoms with van der Waals surface area (Å²) in [4.78, 5) is 54.2. The summed E-state index contributed by atoms with van der Waals surface area (Å²) in [6.07, 6.45) is 3.83. The number of carboxylic acid groups (broad SMARTS) is 3. The van der Waals surface area contributed by atoms with Gasteiger partial charge in [0.25, 0.3) is 0 Å². The van der Waals surface area contributed by atoms with Gasteiger partial charge in [-0.15, -0.1) is 0 Å². The number of rotatable bonds is 16. The summed E-state index contributed by atoms with van der Waals surface area (Å²) in [5.74, 6) is -3.48. The summed E-state index contributed by atoms with van der Waals surface area (Å²) in [5, 5.41) is 31.8. The zero-order chi connectivity index (χ0) is 54.7. The number of para-hydroxylation sites is 2. The van der Waals surface area contributed by atoms with Crippen LogP contribution in [0.3, 0.4) is 0 Å². The number of ether oxygens (including phenoxy) is 4. The zero-order valence-electron chi connectivity index (χ0n) is 40.2. The molecule has 6 aromatic rings. The van der Waals surface area contributed by atoms with E-state index in [4.69, 9.17) is 79.7 Å². The van der Waals surface area contributed by atoms with Gasteiger partial charge in [0, 0.05) is 23.1 Å². The smallest absolute Gasteiger partial charge is 0.339 e. The van der Waals surface area contributed by atoms with Gasteiger partial charge in [-0.25, -0.2) is 37.5 Å². The van der Waals surface area contributed by atoms with Gasteiger partial charge in [-0.2, -0.15) is 0 Å². The minimum atomic E-state index is -4.20. The number of primary sulfonamides is 1. The molecule has 15 N–H and O–H groups in total. The molecule has 0 bridgehead atoms. The van der Waals surface area contributed by atoms with Gasteiger partial charge in [0.15, 0.2) is 5.75 Å². The Bertz CT molecular complexity index is 2870. The number of benzene rings is 6. The van der Waals surface area contributed by atoms with Gasteiger partial charge in [-0.1, -0.05) is 62.6 Å². The van der Waals surface area contributed by atoms with Gasteiger partial charge in [0.1, 0.15) is 22.0 Å². The number of hydrogen-bond donors (Lipinski definition) is 9. The molecule has 20 nitrogen and oxygen atoms in total. The van der Waals surface area contributed by atoms with E-state index in [1.165, 1.54) is 12.1 Å². The molecule has 6 rings (SSSR count). The molecule has 0 spiro atoms. The fourth-order valence-electron chi connectivity index (χ4n) is 5.40. The first kappa shape index (κ1) is 60.6. The molecule has 0 amide bonds. The number of nitrogens with two attached hydrogens (primary N) is 6. The molecule has 0 saturated heterocycles. The van der Waals surface area contributed by atoms with Crippen molar-refractivity contribution >= 4 is 79.9 Å². The normalized spacial score (nSPS) is 10.1. The lowest BCUT2D eigenvalue weighted by molar-refractivity contribution is 0.0496. The third-order valence-corrected chi connectivity index (χ3v) is 10.4. The number of unbranched alkanes of at least 4 members (excludes halogenated alkanes) is 2. The Labute approximate surface area is 427 Å². The molecule has 0 aromatic heterocycles. The Morgan fingerprint density at radius 1 is 0.562 bits per heavy atom. The molecule has 0 aliphatic heterocycles. The second-order valence-electron chi connectivity index (χ2n) is 14.9. The van der Waals surface area contributed by atoms with Crippen LogP contribution < -0.4 is 43.3 Å². The van der Waals surface area contributed by atoms with Crippen LogP contribution in [-0.4, -0.2) is 73.4 Å². The molecule has 0 fully saturated rings. The monoisotopic (exact) mass is 1050 g/mol. The summed E-state index contributed by atoms with van der Waals surface area (Å²) in [6.45, 7) is 7.26. The number of hydrogen-bond acceptors (Lipinski definition) is 16. The quantitative estimate of drug-likeness (QED) is 0.0248. The van der Waals surface area contributed by atoms with Crippen LogP contribution in [0.1, 0.15) is 98.2 Å². The summed E-state index contributed by atoms with van der Waals surface area (Å²) < 4.78 is 43.8. The molecular formula is C51H59ClN6O14S. The molecule has 0 saturated carbocycles. The van der Waals surface area contributed by atoms with Crippen molar-refractivity contribution in [1.29, 1.82) is 0 Å². The number of anilines is 5. The minimum absolute atomic E-state index is 0.0394. The number of halogens is 1. The summed E-state index contributed by atoms with van der Waals surface area (Å²) >= 11 is 5.57. The lowest BCUT2D eigenvalue weighted by Gasteiger charge is -2.13. The molecule has 0 heterocycles. The van der Waals surface area contributed by atoms with Gasteiger partial charge in [0.05, 0.1) is 58.5 Å². The Balaban J connectivity index is 0.000000319. The number of carbonyl (C=O) groups is 5. The van der Waals surface area contributed by atoms with Crippen molar-refractivity contribution in [2.75, 3.05) is 48.5 Å². The van der Waals surface area contributed by atoms with E-state index in [1.807, 2.05) is 6.92 Å². The molecule has 0 atom stereocenters. The van der Waals surface area contributed by atoms with Crippen molar-refractivity contribution in [3.05, 3.63) is 160 Å². The van der Waals surface area contributed by atoms with Crippen LogP contribution in [0.5, 0.6) is 17.2 Å². The van der Waals surface area contributed by atoms with Gasteiger partial charge in [-0.05, 0) is 117 Å². The highest BCUT2D eigenvalue weighted by atomic mass is 35.5. The van der Waals surface area contributed by atoms with Crippen LogP contribution in [-0.2, 0) is 19.5 Å².